The van der Waals surface area contributed by atoms with Gasteiger partial charge in [0, 0.05) is 6.42 Å². The average Bonchev–Trinajstić information content (AvgIpc) is 2.01. The Balaban J connectivity index is 3.50. The van der Waals surface area contributed by atoms with Crippen molar-refractivity contribution < 1.29 is 4.79 Å². The second kappa shape index (κ2) is 7.03. The van der Waals surface area contributed by atoms with E-state index in [4.69, 9.17) is 0 Å². The zero-order chi connectivity index (χ0) is 11.0. The number of rotatable bonds is 8. The standard InChI is InChI=1S/C13H26O/c1-5-6-7-8-9-10-13(3,4)11-12(2)14/h5-11H2,1-4H3. The lowest BCUT2D eigenvalue weighted by molar-refractivity contribution is -0.118. The van der Waals surface area contributed by atoms with Crippen LogP contribution in [0.15, 0.2) is 0 Å². The summed E-state index contributed by atoms with van der Waals surface area (Å²) in [7, 11) is 0. The Hall–Kier alpha value is -0.330. The third-order valence-corrected chi connectivity index (χ3v) is 2.68. The van der Waals surface area contributed by atoms with E-state index in [9.17, 15) is 4.79 Å². The molecule has 0 atom stereocenters. The average molecular weight is 198 g/mol. The monoisotopic (exact) mass is 198 g/mol. The smallest absolute Gasteiger partial charge is 0.130 e. The van der Waals surface area contributed by atoms with Gasteiger partial charge >= 0.3 is 0 Å². The fourth-order valence-electron chi connectivity index (χ4n) is 1.97. The van der Waals surface area contributed by atoms with Crippen molar-refractivity contribution in [1.82, 2.24) is 0 Å². The molecule has 0 aromatic rings. The van der Waals surface area contributed by atoms with Crippen LogP contribution in [0.5, 0.6) is 0 Å². The Morgan fingerprint density at radius 1 is 1.07 bits per heavy atom. The van der Waals surface area contributed by atoms with Crippen molar-refractivity contribution in [3.05, 3.63) is 0 Å². The van der Waals surface area contributed by atoms with Crippen LogP contribution in [0.25, 0.3) is 0 Å². The molecule has 0 fully saturated rings. The van der Waals surface area contributed by atoms with Crippen molar-refractivity contribution in [1.29, 1.82) is 0 Å². The molecule has 0 saturated heterocycles. The predicted molar refractivity (Wildman–Crippen MR) is 62.5 cm³/mol. The lowest BCUT2D eigenvalue weighted by Crippen LogP contribution is -2.15. The van der Waals surface area contributed by atoms with E-state index in [1.54, 1.807) is 6.92 Å². The van der Waals surface area contributed by atoms with Crippen molar-refractivity contribution in [2.75, 3.05) is 0 Å². The van der Waals surface area contributed by atoms with Crippen molar-refractivity contribution in [2.24, 2.45) is 5.41 Å². The molecular formula is C13H26O. The second-order valence-corrected chi connectivity index (χ2v) is 5.21. The fraction of sp³-hybridized carbons (Fsp3) is 0.923. The lowest BCUT2D eigenvalue weighted by atomic mass is 9.82. The number of carbonyl (C=O) groups excluding carboxylic acids is 1. The van der Waals surface area contributed by atoms with Gasteiger partial charge in [-0.3, -0.25) is 0 Å². The first-order chi connectivity index (χ1) is 6.48. The van der Waals surface area contributed by atoms with Gasteiger partial charge in [0.05, 0.1) is 0 Å². The van der Waals surface area contributed by atoms with Crippen LogP contribution in [0, 0.1) is 5.41 Å². The van der Waals surface area contributed by atoms with E-state index in [0.717, 1.165) is 6.42 Å². The Morgan fingerprint density at radius 2 is 1.64 bits per heavy atom. The van der Waals surface area contributed by atoms with Gasteiger partial charge in [-0.05, 0) is 18.8 Å². The van der Waals surface area contributed by atoms with Gasteiger partial charge in [-0.2, -0.15) is 0 Å². The second-order valence-electron chi connectivity index (χ2n) is 5.21. The summed E-state index contributed by atoms with van der Waals surface area (Å²) in [4.78, 5) is 11.0. The molecule has 1 nitrogen and oxygen atoms in total. The van der Waals surface area contributed by atoms with Gasteiger partial charge in [0.1, 0.15) is 5.78 Å². The largest absolute Gasteiger partial charge is 0.300 e. The molecule has 0 spiro atoms. The molecule has 0 bridgehead atoms. The third kappa shape index (κ3) is 8.28. The minimum Gasteiger partial charge on any atom is -0.300 e. The van der Waals surface area contributed by atoms with Gasteiger partial charge in [-0.1, -0.05) is 52.9 Å². The van der Waals surface area contributed by atoms with Gasteiger partial charge in [0.2, 0.25) is 0 Å². The summed E-state index contributed by atoms with van der Waals surface area (Å²) >= 11 is 0. The molecule has 0 aliphatic carbocycles. The molecular weight excluding hydrogens is 172 g/mol. The Bertz CT molecular complexity index is 159. The highest BCUT2D eigenvalue weighted by Gasteiger charge is 2.18. The van der Waals surface area contributed by atoms with Gasteiger partial charge < -0.3 is 4.79 Å². The summed E-state index contributed by atoms with van der Waals surface area (Å²) in [5.41, 5.74) is 0.220. The van der Waals surface area contributed by atoms with Gasteiger partial charge in [0.15, 0.2) is 0 Å². The highest BCUT2D eigenvalue weighted by molar-refractivity contribution is 5.76. The van der Waals surface area contributed by atoms with Gasteiger partial charge in [-0.15, -0.1) is 0 Å². The normalized spacial score (nSPS) is 11.7. The number of unbranched alkanes of at least 4 members (excludes halogenated alkanes) is 4. The maximum Gasteiger partial charge on any atom is 0.130 e. The summed E-state index contributed by atoms with van der Waals surface area (Å²) < 4.78 is 0. The van der Waals surface area contributed by atoms with Crippen LogP contribution in [-0.2, 0) is 4.79 Å². The van der Waals surface area contributed by atoms with Crippen LogP contribution in [-0.4, -0.2) is 5.78 Å². The van der Waals surface area contributed by atoms with E-state index in [-0.39, 0.29) is 5.41 Å². The molecule has 0 heterocycles. The van der Waals surface area contributed by atoms with Crippen LogP contribution in [0.2, 0.25) is 0 Å². The first-order valence-corrected chi connectivity index (χ1v) is 5.97. The summed E-state index contributed by atoms with van der Waals surface area (Å²) in [5, 5.41) is 0. The molecule has 0 rings (SSSR count). The summed E-state index contributed by atoms with van der Waals surface area (Å²) in [6, 6.07) is 0. The van der Waals surface area contributed by atoms with Gasteiger partial charge in [0.25, 0.3) is 0 Å². The number of carbonyl (C=O) groups is 1. The molecule has 0 aliphatic rings. The molecule has 0 aromatic heterocycles. The number of Topliss-reactive ketones (excluding diaryl/α,β-unsaturated/α-hetero) is 1. The Kier molecular flexibility index (Phi) is 6.86. The van der Waals surface area contributed by atoms with Crippen molar-refractivity contribution in [3.8, 4) is 0 Å². The highest BCUT2D eigenvalue weighted by atomic mass is 16.1. The van der Waals surface area contributed by atoms with Crippen LogP contribution in [0.3, 0.4) is 0 Å². The molecule has 0 radical (unpaired) electrons. The van der Waals surface area contributed by atoms with E-state index in [1.165, 1.54) is 38.5 Å². The zero-order valence-corrected chi connectivity index (χ0v) is 10.4. The predicted octanol–water partition coefficient (Wildman–Crippen LogP) is 4.35. The van der Waals surface area contributed by atoms with Crippen molar-refractivity contribution >= 4 is 5.78 Å². The number of hydrogen-bond acceptors (Lipinski definition) is 1. The summed E-state index contributed by atoms with van der Waals surface area (Å²) in [6.07, 6.45) is 8.54. The molecule has 14 heavy (non-hydrogen) atoms. The molecule has 0 aliphatic heterocycles. The van der Waals surface area contributed by atoms with Crippen LogP contribution in [0.4, 0.5) is 0 Å². The maximum atomic E-state index is 11.0. The fourth-order valence-corrected chi connectivity index (χ4v) is 1.97. The molecule has 0 amide bonds. The van der Waals surface area contributed by atoms with Crippen molar-refractivity contribution in [3.63, 3.8) is 0 Å². The minimum atomic E-state index is 0.220. The quantitative estimate of drug-likeness (QED) is 0.530. The Labute approximate surface area is 89.3 Å². The molecule has 0 unspecified atom stereocenters. The Morgan fingerprint density at radius 3 is 2.14 bits per heavy atom. The minimum absolute atomic E-state index is 0.220. The highest BCUT2D eigenvalue weighted by Crippen LogP contribution is 2.28. The van der Waals surface area contributed by atoms with Crippen molar-refractivity contribution in [2.45, 2.75) is 72.6 Å². The first-order valence-electron chi connectivity index (χ1n) is 5.97. The topological polar surface area (TPSA) is 17.1 Å². The number of hydrogen-bond donors (Lipinski definition) is 0. The van der Waals surface area contributed by atoms with Crippen LogP contribution < -0.4 is 0 Å². The third-order valence-electron chi connectivity index (χ3n) is 2.68. The van der Waals surface area contributed by atoms with E-state index < -0.39 is 0 Å². The van der Waals surface area contributed by atoms with E-state index in [0.29, 0.717) is 5.78 Å². The summed E-state index contributed by atoms with van der Waals surface area (Å²) in [5.74, 6) is 0.323. The molecule has 0 aromatic carbocycles. The molecule has 84 valence electrons. The maximum absolute atomic E-state index is 11.0. The van der Waals surface area contributed by atoms with E-state index in [2.05, 4.69) is 20.8 Å². The zero-order valence-electron chi connectivity index (χ0n) is 10.4. The lowest BCUT2D eigenvalue weighted by Gasteiger charge is -2.22. The SMILES string of the molecule is CCCCCCCC(C)(C)CC(C)=O. The first kappa shape index (κ1) is 13.7. The number of ketones is 1. The van der Waals surface area contributed by atoms with Crippen LogP contribution in [0.1, 0.15) is 72.6 Å². The van der Waals surface area contributed by atoms with E-state index in [1.807, 2.05) is 0 Å². The molecule has 0 saturated carbocycles. The molecule has 0 N–H and O–H groups in total. The molecule has 1 heteroatoms. The summed E-state index contributed by atoms with van der Waals surface area (Å²) in [6.45, 7) is 8.33. The van der Waals surface area contributed by atoms with Gasteiger partial charge in [-0.25, -0.2) is 0 Å². The van der Waals surface area contributed by atoms with E-state index >= 15 is 0 Å². The van der Waals surface area contributed by atoms with Crippen LogP contribution >= 0.6 is 0 Å².